The van der Waals surface area contributed by atoms with E-state index in [0.717, 1.165) is 17.0 Å². The summed E-state index contributed by atoms with van der Waals surface area (Å²) < 4.78 is 0. The number of nitrogens with one attached hydrogen (secondary N) is 1. The molecule has 92 valence electrons. The molecule has 1 unspecified atom stereocenters. The van der Waals surface area contributed by atoms with Crippen LogP contribution in [0.25, 0.3) is 0 Å². The van der Waals surface area contributed by atoms with Crippen LogP contribution in [-0.2, 0) is 0 Å². The molecule has 6 heteroatoms. The third-order valence-electron chi connectivity index (χ3n) is 3.02. The number of aliphatic imine (C=N–C) groups is 1. The maximum atomic E-state index is 11.8. The van der Waals surface area contributed by atoms with Crippen LogP contribution in [0.5, 0.6) is 0 Å². The van der Waals surface area contributed by atoms with Gasteiger partial charge in [-0.15, -0.1) is 0 Å². The standard InChI is InChI=1S/C11H17N5O/c1-5(2)16-9(10(12)13-11(16)17)8-6(3)14-15-7(8)4/h5,9H,1-4H3,(H,14,15)(H2,12,13,17). The fourth-order valence-electron chi connectivity index (χ4n) is 2.25. The quantitative estimate of drug-likeness (QED) is 0.809. The number of nitrogens with two attached hydrogens (primary N) is 1. The first kappa shape index (κ1) is 11.6. The molecule has 0 aliphatic carbocycles. The Morgan fingerprint density at radius 3 is 2.53 bits per heavy atom. The van der Waals surface area contributed by atoms with Crippen LogP contribution in [0.3, 0.4) is 0 Å². The van der Waals surface area contributed by atoms with Crippen LogP contribution in [0, 0.1) is 13.8 Å². The fourth-order valence-corrected chi connectivity index (χ4v) is 2.25. The Morgan fingerprint density at radius 1 is 1.41 bits per heavy atom. The van der Waals surface area contributed by atoms with Crippen LogP contribution in [0.4, 0.5) is 4.79 Å². The van der Waals surface area contributed by atoms with Crippen molar-refractivity contribution in [2.24, 2.45) is 10.7 Å². The van der Waals surface area contributed by atoms with E-state index in [2.05, 4.69) is 15.2 Å². The number of carbonyl (C=O) groups is 1. The van der Waals surface area contributed by atoms with Gasteiger partial charge in [-0.3, -0.25) is 5.10 Å². The second-order valence-corrected chi connectivity index (χ2v) is 4.57. The van der Waals surface area contributed by atoms with E-state index >= 15 is 0 Å². The number of rotatable bonds is 2. The fraction of sp³-hybridized carbons (Fsp3) is 0.545. The maximum Gasteiger partial charge on any atom is 0.346 e. The second-order valence-electron chi connectivity index (χ2n) is 4.57. The lowest BCUT2D eigenvalue weighted by atomic mass is 10.0. The zero-order chi connectivity index (χ0) is 12.7. The normalized spacial score (nSPS) is 20.3. The molecule has 1 aromatic heterocycles. The summed E-state index contributed by atoms with van der Waals surface area (Å²) in [5.41, 5.74) is 8.60. The van der Waals surface area contributed by atoms with Crippen molar-refractivity contribution in [1.29, 1.82) is 0 Å². The summed E-state index contributed by atoms with van der Waals surface area (Å²) in [4.78, 5) is 17.3. The van der Waals surface area contributed by atoms with Crippen molar-refractivity contribution in [2.75, 3.05) is 0 Å². The molecular formula is C11H17N5O. The molecule has 1 aliphatic heterocycles. The molecule has 17 heavy (non-hydrogen) atoms. The lowest BCUT2D eigenvalue weighted by molar-refractivity contribution is 0.190. The Morgan fingerprint density at radius 2 is 2.06 bits per heavy atom. The number of aromatic nitrogens is 2. The average molecular weight is 235 g/mol. The minimum absolute atomic E-state index is 0.0472. The van der Waals surface area contributed by atoms with Gasteiger partial charge in [0, 0.05) is 17.3 Å². The highest BCUT2D eigenvalue weighted by Gasteiger charge is 2.38. The number of urea groups is 1. The summed E-state index contributed by atoms with van der Waals surface area (Å²) in [6.07, 6.45) is 0. The molecule has 1 aliphatic rings. The predicted molar refractivity (Wildman–Crippen MR) is 64.8 cm³/mol. The van der Waals surface area contributed by atoms with Gasteiger partial charge in [-0.25, -0.2) is 4.79 Å². The van der Waals surface area contributed by atoms with Crippen molar-refractivity contribution < 1.29 is 4.79 Å². The van der Waals surface area contributed by atoms with Crippen molar-refractivity contribution in [3.8, 4) is 0 Å². The van der Waals surface area contributed by atoms with E-state index in [1.165, 1.54) is 0 Å². The first-order valence-electron chi connectivity index (χ1n) is 5.61. The third-order valence-corrected chi connectivity index (χ3v) is 3.02. The van der Waals surface area contributed by atoms with Crippen LogP contribution in [0.15, 0.2) is 4.99 Å². The summed E-state index contributed by atoms with van der Waals surface area (Å²) in [5.74, 6) is 0.344. The molecule has 0 fully saturated rings. The average Bonchev–Trinajstić information content (AvgIpc) is 2.67. The van der Waals surface area contributed by atoms with Gasteiger partial charge in [0.2, 0.25) is 0 Å². The minimum atomic E-state index is -0.291. The molecule has 1 aromatic rings. The van der Waals surface area contributed by atoms with Crippen molar-refractivity contribution >= 4 is 11.9 Å². The van der Waals surface area contributed by atoms with Gasteiger partial charge < -0.3 is 10.6 Å². The van der Waals surface area contributed by atoms with Crippen molar-refractivity contribution in [3.63, 3.8) is 0 Å². The third kappa shape index (κ3) is 1.69. The summed E-state index contributed by atoms with van der Waals surface area (Å²) in [6, 6.07) is -0.519. The van der Waals surface area contributed by atoms with Crippen LogP contribution in [0.1, 0.15) is 36.8 Å². The Balaban J connectivity index is 2.50. The van der Waals surface area contributed by atoms with Crippen LogP contribution >= 0.6 is 0 Å². The van der Waals surface area contributed by atoms with Gasteiger partial charge in [0.25, 0.3) is 0 Å². The van der Waals surface area contributed by atoms with Gasteiger partial charge in [-0.2, -0.15) is 10.1 Å². The molecule has 0 aromatic carbocycles. The predicted octanol–water partition coefficient (Wildman–Crippen LogP) is 1.27. The van der Waals surface area contributed by atoms with Crippen molar-refractivity contribution in [2.45, 2.75) is 39.8 Å². The molecule has 1 atom stereocenters. The van der Waals surface area contributed by atoms with E-state index in [1.807, 2.05) is 27.7 Å². The summed E-state index contributed by atoms with van der Waals surface area (Å²) >= 11 is 0. The van der Waals surface area contributed by atoms with Gasteiger partial charge in [-0.1, -0.05) is 0 Å². The number of hydrogen-bond acceptors (Lipinski definition) is 3. The largest absolute Gasteiger partial charge is 0.385 e. The van der Waals surface area contributed by atoms with Gasteiger partial charge in [0.05, 0.1) is 5.69 Å². The summed E-state index contributed by atoms with van der Waals surface area (Å²) in [6.45, 7) is 7.71. The number of H-pyrrole nitrogens is 1. The van der Waals surface area contributed by atoms with Crippen molar-refractivity contribution in [1.82, 2.24) is 15.1 Å². The van der Waals surface area contributed by atoms with Crippen LogP contribution in [-0.4, -0.2) is 33.0 Å². The highest BCUT2D eigenvalue weighted by Crippen LogP contribution is 2.31. The molecule has 2 rings (SSSR count). The lowest BCUT2D eigenvalue weighted by Gasteiger charge is -2.28. The molecule has 2 amide bonds. The molecule has 0 bridgehead atoms. The van der Waals surface area contributed by atoms with Crippen molar-refractivity contribution in [3.05, 3.63) is 17.0 Å². The van der Waals surface area contributed by atoms with Gasteiger partial charge in [0.1, 0.15) is 11.9 Å². The number of amidine groups is 1. The maximum absolute atomic E-state index is 11.8. The van der Waals surface area contributed by atoms with E-state index in [1.54, 1.807) is 4.90 Å². The Hall–Kier alpha value is -1.85. The molecular weight excluding hydrogens is 218 g/mol. The molecule has 0 saturated carbocycles. The highest BCUT2D eigenvalue weighted by atomic mass is 16.2. The number of aromatic amines is 1. The number of amides is 2. The highest BCUT2D eigenvalue weighted by molar-refractivity contribution is 6.03. The van der Waals surface area contributed by atoms with E-state index in [4.69, 9.17) is 5.73 Å². The van der Waals surface area contributed by atoms with E-state index < -0.39 is 0 Å². The Kier molecular flexibility index (Phi) is 2.65. The molecule has 0 radical (unpaired) electrons. The monoisotopic (exact) mass is 235 g/mol. The molecule has 0 saturated heterocycles. The van der Waals surface area contributed by atoms with Gasteiger partial charge in [-0.05, 0) is 27.7 Å². The summed E-state index contributed by atoms with van der Waals surface area (Å²) in [7, 11) is 0. The minimum Gasteiger partial charge on any atom is -0.385 e. The van der Waals surface area contributed by atoms with E-state index in [-0.39, 0.29) is 18.1 Å². The number of aryl methyl sites for hydroxylation is 2. The molecule has 6 nitrogen and oxygen atoms in total. The first-order chi connectivity index (χ1) is 7.93. The number of nitrogens with zero attached hydrogens (tertiary/aromatic N) is 3. The SMILES string of the molecule is Cc1n[nH]c(C)c1C1C(N)=NC(=O)N1C(C)C. The zero-order valence-electron chi connectivity index (χ0n) is 10.5. The van der Waals surface area contributed by atoms with Gasteiger partial charge >= 0.3 is 6.03 Å². The molecule has 3 N–H and O–H groups in total. The zero-order valence-corrected chi connectivity index (χ0v) is 10.5. The van der Waals surface area contributed by atoms with Gasteiger partial charge in [0.15, 0.2) is 0 Å². The first-order valence-corrected chi connectivity index (χ1v) is 5.61. The number of hydrogen-bond donors (Lipinski definition) is 2. The molecule has 2 heterocycles. The van der Waals surface area contributed by atoms with E-state index in [0.29, 0.717) is 5.84 Å². The number of carbonyl (C=O) groups excluding carboxylic acids is 1. The van der Waals surface area contributed by atoms with Crippen LogP contribution in [0.2, 0.25) is 0 Å². The molecule has 0 spiro atoms. The second kappa shape index (κ2) is 3.87. The summed E-state index contributed by atoms with van der Waals surface area (Å²) in [5, 5.41) is 7.05. The lowest BCUT2D eigenvalue weighted by Crippen LogP contribution is -2.38. The Bertz CT molecular complexity index is 469. The Labute approximate surface area is 99.9 Å². The van der Waals surface area contributed by atoms with Crippen LogP contribution < -0.4 is 5.73 Å². The van der Waals surface area contributed by atoms with E-state index in [9.17, 15) is 4.79 Å². The topological polar surface area (TPSA) is 87.4 Å². The smallest absolute Gasteiger partial charge is 0.346 e.